The normalized spacial score (nSPS) is 10.9. The molecule has 0 unspecified atom stereocenters. The van der Waals surface area contributed by atoms with Gasteiger partial charge in [-0.1, -0.05) is 25.1 Å². The van der Waals surface area contributed by atoms with Gasteiger partial charge in [-0.25, -0.2) is 18.6 Å². The summed E-state index contributed by atoms with van der Waals surface area (Å²) in [6.07, 6.45) is 2.47. The fraction of sp³-hybridized carbons (Fsp3) is 0.167. The molecule has 0 saturated carbocycles. The van der Waals surface area contributed by atoms with Crippen LogP contribution in [0.5, 0.6) is 0 Å². The van der Waals surface area contributed by atoms with Crippen LogP contribution >= 0.6 is 0 Å². The summed E-state index contributed by atoms with van der Waals surface area (Å²) in [7, 11) is 0. The van der Waals surface area contributed by atoms with Crippen LogP contribution in [0.15, 0.2) is 48.7 Å². The lowest BCUT2D eigenvalue weighted by atomic mass is 10.1. The largest absolute Gasteiger partial charge is 0.478 e. The maximum atomic E-state index is 14.0. The molecule has 2 N–H and O–H groups in total. The zero-order valence-corrected chi connectivity index (χ0v) is 18.2. The molecule has 2 aromatic carbocycles. The lowest BCUT2D eigenvalue weighted by molar-refractivity contribution is 0.0697. The van der Waals surface area contributed by atoms with Crippen LogP contribution in [0.4, 0.5) is 20.3 Å². The molecule has 0 radical (unpaired) electrons. The first-order chi connectivity index (χ1) is 15.8. The van der Waals surface area contributed by atoms with Crippen molar-refractivity contribution in [1.29, 1.82) is 0 Å². The van der Waals surface area contributed by atoms with Crippen molar-refractivity contribution in [2.75, 3.05) is 5.32 Å². The number of hydrogen-bond donors (Lipinski definition) is 2. The zero-order chi connectivity index (χ0) is 23.7. The van der Waals surface area contributed by atoms with Crippen LogP contribution in [0.2, 0.25) is 0 Å². The van der Waals surface area contributed by atoms with Gasteiger partial charge in [0.15, 0.2) is 17.5 Å². The van der Waals surface area contributed by atoms with Gasteiger partial charge in [-0.3, -0.25) is 4.98 Å². The number of carboxylic acid groups (broad SMARTS) is 1. The van der Waals surface area contributed by atoms with E-state index in [1.165, 1.54) is 4.68 Å². The Morgan fingerprint density at radius 3 is 2.61 bits per heavy atom. The average molecular weight is 449 g/mol. The average Bonchev–Trinajstić information content (AvgIpc) is 3.21. The van der Waals surface area contributed by atoms with E-state index in [9.17, 15) is 18.7 Å². The molecule has 0 bridgehead atoms. The summed E-state index contributed by atoms with van der Waals surface area (Å²) in [6, 6.07) is 11.0. The highest BCUT2D eigenvalue weighted by Crippen LogP contribution is 2.30. The third-order valence-corrected chi connectivity index (χ3v) is 5.15. The number of carboxylic acids is 1. The standard InChI is InChI=1S/C24H21F2N5O2/c1-4-15-6-5-7-16(8-15)20-11-22(31(30-20)23-14(3)27-12-13(2)28-23)29-21-10-19(26)18(25)9-17(21)24(32)33/h5-12,29H,4H2,1-3H3,(H,32,33). The van der Waals surface area contributed by atoms with Crippen molar-refractivity contribution in [2.45, 2.75) is 27.2 Å². The SMILES string of the molecule is CCc1cccc(-c2cc(Nc3cc(F)c(F)cc3C(=O)O)n(-c3nc(C)cnc3C)n2)c1. The van der Waals surface area contributed by atoms with Gasteiger partial charge in [-0.2, -0.15) is 9.78 Å². The Balaban J connectivity index is 1.90. The predicted molar refractivity (Wildman–Crippen MR) is 120 cm³/mol. The van der Waals surface area contributed by atoms with Gasteiger partial charge in [0.25, 0.3) is 0 Å². The molecule has 0 atom stereocenters. The highest BCUT2D eigenvalue weighted by Gasteiger charge is 2.20. The molecule has 2 aromatic heterocycles. The molecular formula is C24H21F2N5O2. The Bertz CT molecular complexity index is 1370. The van der Waals surface area contributed by atoms with Crippen molar-refractivity contribution < 1.29 is 18.7 Å². The van der Waals surface area contributed by atoms with Crippen molar-refractivity contribution in [3.05, 3.63) is 82.8 Å². The summed E-state index contributed by atoms with van der Waals surface area (Å²) in [5.74, 6) is -3.07. The van der Waals surface area contributed by atoms with Crippen LogP contribution in [-0.4, -0.2) is 30.8 Å². The smallest absolute Gasteiger partial charge is 0.337 e. The third kappa shape index (κ3) is 4.43. The lowest BCUT2D eigenvalue weighted by Crippen LogP contribution is -2.11. The maximum absolute atomic E-state index is 14.0. The van der Waals surface area contributed by atoms with Gasteiger partial charge in [-0.15, -0.1) is 0 Å². The summed E-state index contributed by atoms with van der Waals surface area (Å²) >= 11 is 0. The molecule has 4 aromatic rings. The zero-order valence-electron chi connectivity index (χ0n) is 18.2. The number of halogens is 2. The second-order valence-electron chi connectivity index (χ2n) is 7.54. The molecule has 9 heteroatoms. The highest BCUT2D eigenvalue weighted by molar-refractivity contribution is 5.95. The van der Waals surface area contributed by atoms with Crippen LogP contribution in [0.25, 0.3) is 17.1 Å². The van der Waals surface area contributed by atoms with Gasteiger partial charge in [0.2, 0.25) is 0 Å². The summed E-state index contributed by atoms with van der Waals surface area (Å²) in [6.45, 7) is 5.60. The fourth-order valence-corrected chi connectivity index (χ4v) is 3.41. The summed E-state index contributed by atoms with van der Waals surface area (Å²) in [5, 5.41) is 17.1. The molecule has 0 saturated heterocycles. The molecule has 2 heterocycles. The Kier molecular flexibility index (Phi) is 5.87. The second kappa shape index (κ2) is 8.78. The van der Waals surface area contributed by atoms with Gasteiger partial charge in [0.1, 0.15) is 5.82 Å². The Morgan fingerprint density at radius 2 is 1.88 bits per heavy atom. The number of carbonyl (C=O) groups is 1. The van der Waals surface area contributed by atoms with Crippen LogP contribution in [0, 0.1) is 25.5 Å². The molecule has 33 heavy (non-hydrogen) atoms. The summed E-state index contributed by atoms with van der Waals surface area (Å²) in [4.78, 5) is 20.5. The quantitative estimate of drug-likeness (QED) is 0.419. The number of benzene rings is 2. The van der Waals surface area contributed by atoms with Crippen LogP contribution in [0.1, 0.15) is 34.2 Å². The van der Waals surface area contributed by atoms with E-state index in [2.05, 4.69) is 20.4 Å². The molecule has 0 aliphatic carbocycles. The van der Waals surface area contributed by atoms with Crippen molar-refractivity contribution >= 4 is 17.5 Å². The molecule has 7 nitrogen and oxygen atoms in total. The van der Waals surface area contributed by atoms with E-state index >= 15 is 0 Å². The van der Waals surface area contributed by atoms with Gasteiger partial charge < -0.3 is 10.4 Å². The van der Waals surface area contributed by atoms with E-state index in [0.717, 1.165) is 23.6 Å². The minimum absolute atomic E-state index is 0.116. The molecule has 0 fully saturated rings. The second-order valence-corrected chi connectivity index (χ2v) is 7.54. The number of anilines is 2. The van der Waals surface area contributed by atoms with Crippen molar-refractivity contribution in [2.24, 2.45) is 0 Å². The lowest BCUT2D eigenvalue weighted by Gasteiger charge is -2.13. The maximum Gasteiger partial charge on any atom is 0.337 e. The Hall–Kier alpha value is -4.14. The number of hydrogen-bond acceptors (Lipinski definition) is 5. The molecule has 4 rings (SSSR count). The number of aromatic nitrogens is 4. The summed E-state index contributed by atoms with van der Waals surface area (Å²) < 4.78 is 29.1. The van der Waals surface area contributed by atoms with E-state index in [1.54, 1.807) is 26.1 Å². The van der Waals surface area contributed by atoms with Crippen molar-refractivity contribution in [1.82, 2.24) is 19.7 Å². The Labute approximate surface area is 188 Å². The first-order valence-electron chi connectivity index (χ1n) is 10.3. The van der Waals surface area contributed by atoms with Gasteiger partial charge in [0.05, 0.1) is 28.3 Å². The molecule has 0 aliphatic rings. The van der Waals surface area contributed by atoms with Crippen LogP contribution in [-0.2, 0) is 6.42 Å². The number of rotatable bonds is 6. The van der Waals surface area contributed by atoms with E-state index in [0.29, 0.717) is 34.8 Å². The number of aromatic carboxylic acids is 1. The monoisotopic (exact) mass is 449 g/mol. The molecule has 0 amide bonds. The van der Waals surface area contributed by atoms with Gasteiger partial charge in [0, 0.05) is 23.9 Å². The minimum Gasteiger partial charge on any atom is -0.478 e. The van der Waals surface area contributed by atoms with E-state index < -0.39 is 23.2 Å². The van der Waals surface area contributed by atoms with Crippen LogP contribution < -0.4 is 5.32 Å². The first kappa shape index (κ1) is 22.1. The van der Waals surface area contributed by atoms with E-state index in [-0.39, 0.29) is 5.69 Å². The number of aryl methyl sites for hydroxylation is 3. The molecule has 0 aliphatic heterocycles. The van der Waals surface area contributed by atoms with E-state index in [4.69, 9.17) is 0 Å². The van der Waals surface area contributed by atoms with E-state index in [1.807, 2.05) is 31.2 Å². The Morgan fingerprint density at radius 1 is 1.12 bits per heavy atom. The van der Waals surface area contributed by atoms with Crippen LogP contribution in [0.3, 0.4) is 0 Å². The first-order valence-corrected chi connectivity index (χ1v) is 10.3. The highest BCUT2D eigenvalue weighted by atomic mass is 19.2. The van der Waals surface area contributed by atoms with Gasteiger partial charge in [-0.05, 0) is 38.0 Å². The topological polar surface area (TPSA) is 92.9 Å². The van der Waals surface area contributed by atoms with Crippen molar-refractivity contribution in [3.63, 3.8) is 0 Å². The van der Waals surface area contributed by atoms with Gasteiger partial charge >= 0.3 is 5.97 Å². The third-order valence-electron chi connectivity index (χ3n) is 5.15. The minimum atomic E-state index is -1.40. The summed E-state index contributed by atoms with van der Waals surface area (Å²) in [5.41, 5.74) is 3.28. The number of nitrogens with zero attached hydrogens (tertiary/aromatic N) is 4. The fourth-order valence-electron chi connectivity index (χ4n) is 3.41. The number of nitrogens with one attached hydrogen (secondary N) is 1. The molecule has 0 spiro atoms. The molecular weight excluding hydrogens is 428 g/mol. The molecule has 168 valence electrons. The van der Waals surface area contributed by atoms with Crippen molar-refractivity contribution in [3.8, 4) is 17.1 Å². The predicted octanol–water partition coefficient (Wildman–Crippen LogP) is 5.23.